The van der Waals surface area contributed by atoms with Gasteiger partial charge in [0.25, 0.3) is 0 Å². The van der Waals surface area contributed by atoms with Crippen molar-refractivity contribution in [3.8, 4) is 5.75 Å². The van der Waals surface area contributed by atoms with Gasteiger partial charge in [-0.05, 0) is 19.0 Å². The Morgan fingerprint density at radius 1 is 1.44 bits per heavy atom. The second-order valence-electron chi connectivity index (χ2n) is 3.94. The van der Waals surface area contributed by atoms with Gasteiger partial charge in [0.1, 0.15) is 11.3 Å². The van der Waals surface area contributed by atoms with Gasteiger partial charge in [-0.2, -0.15) is 0 Å². The molecule has 4 heteroatoms. The summed E-state index contributed by atoms with van der Waals surface area (Å²) in [5.74, 6) is 0.976. The van der Waals surface area contributed by atoms with Gasteiger partial charge in [-0.15, -0.1) is 12.6 Å². The molecule has 16 heavy (non-hydrogen) atoms. The molecule has 0 bridgehead atoms. The Balaban J connectivity index is 2.36. The van der Waals surface area contributed by atoms with E-state index in [9.17, 15) is 0 Å². The molecule has 2 N–H and O–H groups in total. The van der Waals surface area contributed by atoms with Crippen molar-refractivity contribution in [3.05, 3.63) is 23.5 Å². The van der Waals surface area contributed by atoms with Crippen LogP contribution in [0.15, 0.2) is 21.6 Å². The number of thiol groups is 1. The predicted octanol–water partition coefficient (Wildman–Crippen LogP) is 2.16. The summed E-state index contributed by atoms with van der Waals surface area (Å²) in [7, 11) is 0. The summed E-state index contributed by atoms with van der Waals surface area (Å²) < 4.78 is 11.2. The van der Waals surface area contributed by atoms with E-state index >= 15 is 0 Å². The maximum atomic E-state index is 5.69. The first-order chi connectivity index (χ1) is 7.83. The van der Waals surface area contributed by atoms with Crippen molar-refractivity contribution < 1.29 is 9.15 Å². The van der Waals surface area contributed by atoms with E-state index in [0.717, 1.165) is 52.2 Å². The van der Waals surface area contributed by atoms with Gasteiger partial charge in [0.15, 0.2) is 0 Å². The van der Waals surface area contributed by atoms with E-state index in [1.807, 2.05) is 6.07 Å². The van der Waals surface area contributed by atoms with Gasteiger partial charge in [-0.1, -0.05) is 0 Å². The van der Waals surface area contributed by atoms with Crippen molar-refractivity contribution >= 4 is 23.6 Å². The van der Waals surface area contributed by atoms with Crippen LogP contribution in [0.1, 0.15) is 11.1 Å². The average Bonchev–Trinajstić information content (AvgIpc) is 2.92. The van der Waals surface area contributed by atoms with Crippen LogP contribution in [0.3, 0.4) is 0 Å². The topological polar surface area (TPSA) is 48.4 Å². The number of ether oxygens (including phenoxy) is 1. The molecule has 0 amide bonds. The number of fused-ring (bicyclic) bond motifs is 2. The molecule has 1 aromatic heterocycles. The van der Waals surface area contributed by atoms with Gasteiger partial charge in [0, 0.05) is 22.9 Å². The Hall–Kier alpha value is -1.13. The number of rotatable bonds is 2. The molecule has 0 spiro atoms. The molecule has 0 unspecified atom stereocenters. The summed E-state index contributed by atoms with van der Waals surface area (Å²) in [5.41, 5.74) is 8.83. The van der Waals surface area contributed by atoms with Crippen molar-refractivity contribution in [3.63, 3.8) is 0 Å². The Morgan fingerprint density at radius 2 is 2.31 bits per heavy atom. The Kier molecular flexibility index (Phi) is 2.33. The second kappa shape index (κ2) is 3.71. The number of furan rings is 1. The molecule has 1 aliphatic heterocycles. The van der Waals surface area contributed by atoms with E-state index in [4.69, 9.17) is 14.9 Å². The Bertz CT molecular complexity index is 547. The first kappa shape index (κ1) is 10.1. The van der Waals surface area contributed by atoms with E-state index in [2.05, 4.69) is 12.6 Å². The van der Waals surface area contributed by atoms with Gasteiger partial charge in [0.2, 0.25) is 0 Å². The van der Waals surface area contributed by atoms with Gasteiger partial charge >= 0.3 is 0 Å². The number of hydrogen-bond donors (Lipinski definition) is 2. The molecule has 0 aliphatic carbocycles. The van der Waals surface area contributed by atoms with Gasteiger partial charge in [-0.3, -0.25) is 0 Å². The fourth-order valence-electron chi connectivity index (χ4n) is 2.33. The van der Waals surface area contributed by atoms with E-state index in [1.165, 1.54) is 0 Å². The zero-order valence-electron chi connectivity index (χ0n) is 8.82. The van der Waals surface area contributed by atoms with Crippen molar-refractivity contribution in [2.24, 2.45) is 5.73 Å². The first-order valence-corrected chi connectivity index (χ1v) is 5.84. The van der Waals surface area contributed by atoms with Crippen molar-refractivity contribution in [2.45, 2.75) is 17.7 Å². The van der Waals surface area contributed by atoms with Crippen LogP contribution >= 0.6 is 12.6 Å². The van der Waals surface area contributed by atoms with Crippen LogP contribution in [0.5, 0.6) is 5.75 Å². The summed E-state index contributed by atoms with van der Waals surface area (Å²) >= 11 is 4.53. The van der Waals surface area contributed by atoms with Crippen LogP contribution in [0, 0.1) is 0 Å². The SMILES string of the molecule is NCCc1c2c(c(S)c3occc13)CCO2. The molecule has 2 aromatic rings. The van der Waals surface area contributed by atoms with Crippen LogP contribution in [0.4, 0.5) is 0 Å². The van der Waals surface area contributed by atoms with Gasteiger partial charge < -0.3 is 14.9 Å². The minimum absolute atomic E-state index is 0.613. The lowest BCUT2D eigenvalue weighted by atomic mass is 10.0. The molecule has 0 radical (unpaired) electrons. The molecule has 3 rings (SSSR count). The lowest BCUT2D eigenvalue weighted by Crippen LogP contribution is -2.04. The number of benzene rings is 1. The first-order valence-electron chi connectivity index (χ1n) is 5.39. The molecular weight excluding hydrogens is 222 g/mol. The van der Waals surface area contributed by atoms with Gasteiger partial charge in [-0.25, -0.2) is 0 Å². The zero-order valence-corrected chi connectivity index (χ0v) is 9.72. The second-order valence-corrected chi connectivity index (χ2v) is 4.38. The molecule has 3 nitrogen and oxygen atoms in total. The van der Waals surface area contributed by atoms with E-state index < -0.39 is 0 Å². The van der Waals surface area contributed by atoms with E-state index in [0.29, 0.717) is 6.54 Å². The number of hydrogen-bond acceptors (Lipinski definition) is 4. The minimum Gasteiger partial charge on any atom is -0.493 e. The van der Waals surface area contributed by atoms with Gasteiger partial charge in [0.05, 0.1) is 17.8 Å². The highest BCUT2D eigenvalue weighted by Gasteiger charge is 2.24. The Labute approximate surface area is 99.0 Å². The smallest absolute Gasteiger partial charge is 0.147 e. The Morgan fingerprint density at radius 3 is 3.12 bits per heavy atom. The normalized spacial score (nSPS) is 14.1. The maximum Gasteiger partial charge on any atom is 0.147 e. The third kappa shape index (κ3) is 1.26. The highest BCUT2D eigenvalue weighted by Crippen LogP contribution is 2.41. The molecule has 0 fully saturated rings. The highest BCUT2D eigenvalue weighted by molar-refractivity contribution is 7.80. The van der Waals surface area contributed by atoms with Crippen molar-refractivity contribution in [1.29, 1.82) is 0 Å². The third-order valence-electron chi connectivity index (χ3n) is 3.03. The van der Waals surface area contributed by atoms with E-state index in [-0.39, 0.29) is 0 Å². The summed E-state index contributed by atoms with van der Waals surface area (Å²) in [5, 5.41) is 1.08. The largest absolute Gasteiger partial charge is 0.493 e. The highest BCUT2D eigenvalue weighted by atomic mass is 32.1. The molecule has 84 valence electrons. The quantitative estimate of drug-likeness (QED) is 0.784. The predicted molar refractivity (Wildman–Crippen MR) is 65.4 cm³/mol. The zero-order chi connectivity index (χ0) is 11.1. The molecule has 0 saturated heterocycles. The molecular formula is C12H13NO2S. The monoisotopic (exact) mass is 235 g/mol. The fraction of sp³-hybridized carbons (Fsp3) is 0.333. The molecule has 0 atom stereocenters. The molecule has 0 saturated carbocycles. The van der Waals surface area contributed by atoms with Crippen molar-refractivity contribution in [1.82, 2.24) is 0 Å². The summed E-state index contributed by atoms with van der Waals surface area (Å²) in [6.07, 6.45) is 3.41. The third-order valence-corrected chi connectivity index (χ3v) is 3.51. The summed E-state index contributed by atoms with van der Waals surface area (Å²) in [4.78, 5) is 0.910. The fourth-order valence-corrected chi connectivity index (χ4v) is 2.72. The van der Waals surface area contributed by atoms with Crippen LogP contribution in [-0.2, 0) is 12.8 Å². The van der Waals surface area contributed by atoms with Crippen LogP contribution < -0.4 is 10.5 Å². The van der Waals surface area contributed by atoms with Crippen LogP contribution in [-0.4, -0.2) is 13.2 Å². The minimum atomic E-state index is 0.613. The molecule has 2 heterocycles. The standard InChI is InChI=1S/C12H13NO2S/c13-4-1-7-8-2-5-15-11(8)12(16)9-3-6-14-10(7)9/h2,5,16H,1,3-4,6,13H2. The maximum absolute atomic E-state index is 5.69. The molecule has 1 aromatic carbocycles. The van der Waals surface area contributed by atoms with Crippen LogP contribution in [0.2, 0.25) is 0 Å². The lowest BCUT2D eigenvalue weighted by Gasteiger charge is -2.10. The van der Waals surface area contributed by atoms with E-state index in [1.54, 1.807) is 6.26 Å². The summed E-state index contributed by atoms with van der Waals surface area (Å²) in [6, 6.07) is 1.96. The average molecular weight is 235 g/mol. The molecule has 1 aliphatic rings. The summed E-state index contributed by atoms with van der Waals surface area (Å²) in [6.45, 7) is 1.34. The lowest BCUT2D eigenvalue weighted by molar-refractivity contribution is 0.354. The van der Waals surface area contributed by atoms with Crippen molar-refractivity contribution in [2.75, 3.05) is 13.2 Å². The number of nitrogens with two attached hydrogens (primary N) is 1. The van der Waals surface area contributed by atoms with Crippen LogP contribution in [0.25, 0.3) is 11.0 Å².